The van der Waals surface area contributed by atoms with Crippen LogP contribution in [-0.2, 0) is 0 Å². The van der Waals surface area contributed by atoms with Crippen molar-refractivity contribution < 1.29 is 0 Å². The van der Waals surface area contributed by atoms with Crippen molar-refractivity contribution in [1.29, 1.82) is 0 Å². The van der Waals surface area contributed by atoms with Crippen molar-refractivity contribution in [1.82, 2.24) is 4.98 Å². The molecule has 0 spiro atoms. The second-order valence-corrected chi connectivity index (χ2v) is 6.77. The quantitative estimate of drug-likeness (QED) is 0.401. The normalized spacial score (nSPS) is 10.6. The fraction of sp³-hybridized carbons (Fsp3) is 0.0800. The zero-order valence-electron chi connectivity index (χ0n) is 15.6. The number of hydrogen-bond donors (Lipinski definition) is 0. The van der Waals surface area contributed by atoms with Gasteiger partial charge in [0.2, 0.25) is 0 Å². The molecule has 0 saturated heterocycles. The van der Waals surface area contributed by atoms with Crippen LogP contribution in [0.4, 0.5) is 17.1 Å². The molecule has 0 unspecified atom stereocenters. The molecule has 0 saturated carbocycles. The number of anilines is 3. The van der Waals surface area contributed by atoms with Gasteiger partial charge in [0.25, 0.3) is 0 Å². The van der Waals surface area contributed by atoms with E-state index < -0.39 is 0 Å². The molecule has 4 aromatic rings. The summed E-state index contributed by atoms with van der Waals surface area (Å²) in [4.78, 5) is 6.78. The Balaban J connectivity index is 1.83. The zero-order chi connectivity index (χ0) is 18.6. The first kappa shape index (κ1) is 17.0. The molecule has 0 amide bonds. The minimum atomic E-state index is 0.979. The molecule has 0 aliphatic rings. The highest BCUT2D eigenvalue weighted by Gasteiger charge is 2.13. The molecule has 4 rings (SSSR count). The predicted octanol–water partition coefficient (Wildman–Crippen LogP) is 6.84. The number of pyridine rings is 1. The Labute approximate surface area is 160 Å². The van der Waals surface area contributed by atoms with Crippen LogP contribution in [0.25, 0.3) is 11.3 Å². The smallest absolute Gasteiger partial charge is 0.0702 e. The lowest BCUT2D eigenvalue weighted by Gasteiger charge is -2.26. The number of aromatic nitrogens is 1. The summed E-state index contributed by atoms with van der Waals surface area (Å²) in [6.45, 7) is 4.23. The average molecular weight is 350 g/mol. The highest BCUT2D eigenvalue weighted by Crippen LogP contribution is 2.36. The van der Waals surface area contributed by atoms with E-state index in [-0.39, 0.29) is 0 Å². The van der Waals surface area contributed by atoms with Crippen molar-refractivity contribution in [3.8, 4) is 11.3 Å². The minimum absolute atomic E-state index is 0.979. The van der Waals surface area contributed by atoms with Gasteiger partial charge in [-0.3, -0.25) is 4.98 Å². The third-order valence-electron chi connectivity index (χ3n) is 4.65. The van der Waals surface area contributed by atoms with Crippen molar-refractivity contribution >= 4 is 17.1 Å². The third kappa shape index (κ3) is 3.75. The van der Waals surface area contributed by atoms with Gasteiger partial charge in [-0.2, -0.15) is 0 Å². The average Bonchev–Trinajstić information content (AvgIpc) is 2.72. The fourth-order valence-electron chi connectivity index (χ4n) is 3.17. The van der Waals surface area contributed by atoms with Gasteiger partial charge in [-0.05, 0) is 62.4 Å². The second kappa shape index (κ2) is 7.46. The number of hydrogen-bond acceptors (Lipinski definition) is 2. The summed E-state index contributed by atoms with van der Waals surface area (Å²) in [6, 6.07) is 31.8. The van der Waals surface area contributed by atoms with Crippen LogP contribution in [0.1, 0.15) is 11.1 Å². The molecule has 1 aromatic heterocycles. The Kier molecular flexibility index (Phi) is 4.71. The van der Waals surface area contributed by atoms with Crippen LogP contribution in [0, 0.1) is 13.8 Å². The Morgan fingerprint density at radius 1 is 0.593 bits per heavy atom. The first-order chi connectivity index (χ1) is 13.2. The maximum Gasteiger partial charge on any atom is 0.0702 e. The summed E-state index contributed by atoms with van der Waals surface area (Å²) in [5.41, 5.74) is 8.00. The molecule has 2 heteroatoms. The molecule has 3 aromatic carbocycles. The van der Waals surface area contributed by atoms with Crippen molar-refractivity contribution in [2.24, 2.45) is 0 Å². The molecule has 0 aliphatic carbocycles. The largest absolute Gasteiger partial charge is 0.310 e. The lowest BCUT2D eigenvalue weighted by atomic mass is 10.1. The van der Waals surface area contributed by atoms with Crippen molar-refractivity contribution in [3.63, 3.8) is 0 Å². The van der Waals surface area contributed by atoms with Crippen molar-refractivity contribution in [2.75, 3.05) is 4.90 Å². The molecule has 0 N–H and O–H groups in total. The summed E-state index contributed by atoms with van der Waals surface area (Å²) in [6.07, 6.45) is 1.83. The van der Waals surface area contributed by atoms with E-state index in [9.17, 15) is 0 Å². The van der Waals surface area contributed by atoms with Gasteiger partial charge < -0.3 is 4.90 Å². The van der Waals surface area contributed by atoms with Gasteiger partial charge in [0, 0.05) is 28.8 Å². The van der Waals surface area contributed by atoms with Crippen LogP contribution in [0.5, 0.6) is 0 Å². The van der Waals surface area contributed by atoms with Crippen LogP contribution in [0.3, 0.4) is 0 Å². The SMILES string of the molecule is Cc1ccc(N(c2ccc(C)cc2)c2cccc(-c3ccccn3)c2)cc1. The van der Waals surface area contributed by atoms with E-state index in [2.05, 4.69) is 96.5 Å². The molecule has 0 radical (unpaired) electrons. The number of aryl methyl sites for hydroxylation is 2. The van der Waals surface area contributed by atoms with Gasteiger partial charge in [-0.1, -0.05) is 53.6 Å². The zero-order valence-corrected chi connectivity index (χ0v) is 15.6. The van der Waals surface area contributed by atoms with E-state index in [4.69, 9.17) is 0 Å². The summed E-state index contributed by atoms with van der Waals surface area (Å²) in [7, 11) is 0. The van der Waals surface area contributed by atoms with Crippen molar-refractivity contribution in [2.45, 2.75) is 13.8 Å². The summed E-state index contributed by atoms with van der Waals surface area (Å²) < 4.78 is 0. The van der Waals surface area contributed by atoms with Crippen LogP contribution in [0.2, 0.25) is 0 Å². The van der Waals surface area contributed by atoms with Crippen LogP contribution >= 0.6 is 0 Å². The van der Waals surface area contributed by atoms with E-state index in [0.717, 1.165) is 28.3 Å². The topological polar surface area (TPSA) is 16.1 Å². The second-order valence-electron chi connectivity index (χ2n) is 6.77. The predicted molar refractivity (Wildman–Crippen MR) is 114 cm³/mol. The highest BCUT2D eigenvalue weighted by molar-refractivity contribution is 5.79. The first-order valence-electron chi connectivity index (χ1n) is 9.16. The molecular weight excluding hydrogens is 328 g/mol. The third-order valence-corrected chi connectivity index (χ3v) is 4.65. The first-order valence-corrected chi connectivity index (χ1v) is 9.16. The number of benzene rings is 3. The van der Waals surface area contributed by atoms with Gasteiger partial charge in [0.15, 0.2) is 0 Å². The monoisotopic (exact) mass is 350 g/mol. The summed E-state index contributed by atoms with van der Waals surface area (Å²) in [5.74, 6) is 0. The van der Waals surface area contributed by atoms with E-state index in [1.54, 1.807) is 0 Å². The van der Waals surface area contributed by atoms with Crippen molar-refractivity contribution in [3.05, 3.63) is 108 Å². The van der Waals surface area contributed by atoms with E-state index in [1.165, 1.54) is 11.1 Å². The lowest BCUT2D eigenvalue weighted by molar-refractivity contribution is 1.26. The molecule has 1 heterocycles. The fourth-order valence-corrected chi connectivity index (χ4v) is 3.17. The molecular formula is C25H22N2. The summed E-state index contributed by atoms with van der Waals surface area (Å²) >= 11 is 0. The minimum Gasteiger partial charge on any atom is -0.310 e. The molecule has 0 fully saturated rings. The van der Waals surface area contributed by atoms with E-state index in [1.807, 2.05) is 24.4 Å². The van der Waals surface area contributed by atoms with Crippen LogP contribution < -0.4 is 4.90 Å². The van der Waals surface area contributed by atoms with E-state index in [0.29, 0.717) is 0 Å². The Bertz CT molecular complexity index is 974. The number of rotatable bonds is 4. The van der Waals surface area contributed by atoms with E-state index >= 15 is 0 Å². The van der Waals surface area contributed by atoms with Crippen LogP contribution in [0.15, 0.2) is 97.2 Å². The molecule has 0 atom stereocenters. The maximum absolute atomic E-state index is 4.50. The Hall–Kier alpha value is -3.39. The lowest BCUT2D eigenvalue weighted by Crippen LogP contribution is -2.10. The van der Waals surface area contributed by atoms with Crippen LogP contribution in [-0.4, -0.2) is 4.98 Å². The van der Waals surface area contributed by atoms with Gasteiger partial charge in [0.1, 0.15) is 0 Å². The molecule has 0 aliphatic heterocycles. The van der Waals surface area contributed by atoms with Gasteiger partial charge in [-0.15, -0.1) is 0 Å². The number of nitrogens with zero attached hydrogens (tertiary/aromatic N) is 2. The molecule has 27 heavy (non-hydrogen) atoms. The van der Waals surface area contributed by atoms with Gasteiger partial charge in [0.05, 0.1) is 5.69 Å². The molecule has 0 bridgehead atoms. The Morgan fingerprint density at radius 2 is 1.22 bits per heavy atom. The highest BCUT2D eigenvalue weighted by atomic mass is 15.1. The Morgan fingerprint density at radius 3 is 1.78 bits per heavy atom. The maximum atomic E-state index is 4.50. The molecule has 132 valence electrons. The van der Waals surface area contributed by atoms with Gasteiger partial charge in [-0.25, -0.2) is 0 Å². The van der Waals surface area contributed by atoms with Gasteiger partial charge >= 0.3 is 0 Å². The molecule has 2 nitrogen and oxygen atoms in total. The standard InChI is InChI=1S/C25H22N2/c1-19-9-13-22(14-10-19)27(23-15-11-20(2)12-16-23)24-7-5-6-21(18-24)25-8-3-4-17-26-25/h3-18H,1-2H3. The summed E-state index contributed by atoms with van der Waals surface area (Å²) in [5, 5.41) is 0.